The van der Waals surface area contributed by atoms with Crippen LogP contribution in [0.3, 0.4) is 0 Å². The summed E-state index contributed by atoms with van der Waals surface area (Å²) in [5.74, 6) is -0.616. The first kappa shape index (κ1) is 21.1. The summed E-state index contributed by atoms with van der Waals surface area (Å²) in [7, 11) is -2.24. The van der Waals surface area contributed by atoms with Crippen molar-refractivity contribution in [2.75, 3.05) is 13.6 Å². The number of amides is 1. The van der Waals surface area contributed by atoms with Crippen molar-refractivity contribution < 1.29 is 17.6 Å². The Morgan fingerprint density at radius 3 is 2.41 bits per heavy atom. The van der Waals surface area contributed by atoms with E-state index >= 15 is 0 Å². The number of carbonyl (C=O) groups excluding carboxylic acids is 1. The maximum absolute atomic E-state index is 13.0. The smallest absolute Gasteiger partial charge is 0.242 e. The Morgan fingerprint density at radius 1 is 1.15 bits per heavy atom. The third-order valence-corrected chi connectivity index (χ3v) is 6.30. The summed E-state index contributed by atoms with van der Waals surface area (Å²) in [6, 6.07) is 12.4. The third-order valence-electron chi connectivity index (χ3n) is 4.43. The van der Waals surface area contributed by atoms with Crippen molar-refractivity contribution in [1.29, 1.82) is 0 Å². The van der Waals surface area contributed by atoms with Crippen LogP contribution >= 0.6 is 0 Å². The van der Waals surface area contributed by atoms with E-state index in [0.29, 0.717) is 6.42 Å². The van der Waals surface area contributed by atoms with Crippen LogP contribution in [0.1, 0.15) is 36.9 Å². The van der Waals surface area contributed by atoms with Crippen molar-refractivity contribution in [3.05, 3.63) is 65.5 Å². The highest BCUT2D eigenvalue weighted by molar-refractivity contribution is 7.89. The Balaban J connectivity index is 1.85. The van der Waals surface area contributed by atoms with Crippen LogP contribution in [0.15, 0.2) is 53.4 Å². The van der Waals surface area contributed by atoms with Crippen LogP contribution in [0.25, 0.3) is 0 Å². The standard InChI is InChI=1S/C20H25FN2O3S/c1-15-7-4-5-8-19(15)16(2)22-20(24)9-6-14-23(3)27(25,26)18-12-10-17(21)11-13-18/h4-5,7-8,10-13,16H,6,9,14H2,1-3H3,(H,22,24). The zero-order valence-electron chi connectivity index (χ0n) is 15.8. The van der Waals surface area contributed by atoms with Crippen molar-refractivity contribution in [1.82, 2.24) is 9.62 Å². The lowest BCUT2D eigenvalue weighted by Crippen LogP contribution is -2.30. The molecule has 0 fully saturated rings. The minimum atomic E-state index is -3.69. The third kappa shape index (κ3) is 5.61. The van der Waals surface area contributed by atoms with Crippen LogP contribution in [0.5, 0.6) is 0 Å². The Bertz CT molecular complexity index is 882. The fourth-order valence-electron chi connectivity index (χ4n) is 2.83. The van der Waals surface area contributed by atoms with E-state index in [1.54, 1.807) is 0 Å². The summed E-state index contributed by atoms with van der Waals surface area (Å²) in [5, 5.41) is 2.94. The molecule has 0 saturated heterocycles. The molecule has 2 aromatic carbocycles. The van der Waals surface area contributed by atoms with Crippen LogP contribution in [0.2, 0.25) is 0 Å². The molecule has 0 radical (unpaired) electrons. The highest BCUT2D eigenvalue weighted by Crippen LogP contribution is 2.17. The Morgan fingerprint density at radius 2 is 1.78 bits per heavy atom. The summed E-state index contributed by atoms with van der Waals surface area (Å²) < 4.78 is 39.0. The van der Waals surface area contributed by atoms with E-state index in [2.05, 4.69) is 5.32 Å². The van der Waals surface area contributed by atoms with Crippen LogP contribution < -0.4 is 5.32 Å². The van der Waals surface area contributed by atoms with E-state index in [1.165, 1.54) is 23.5 Å². The van der Waals surface area contributed by atoms with Gasteiger partial charge in [0.1, 0.15) is 5.82 Å². The SMILES string of the molecule is Cc1ccccc1C(C)NC(=O)CCCN(C)S(=O)(=O)c1ccc(F)cc1. The number of sulfonamides is 1. The number of carbonyl (C=O) groups is 1. The first-order valence-corrected chi connectivity index (χ1v) is 10.2. The van der Waals surface area contributed by atoms with Crippen molar-refractivity contribution in [3.8, 4) is 0 Å². The van der Waals surface area contributed by atoms with E-state index in [9.17, 15) is 17.6 Å². The van der Waals surface area contributed by atoms with Crippen LogP contribution in [-0.4, -0.2) is 32.2 Å². The van der Waals surface area contributed by atoms with Crippen molar-refractivity contribution in [2.24, 2.45) is 0 Å². The molecule has 1 atom stereocenters. The van der Waals surface area contributed by atoms with Gasteiger partial charge in [-0.15, -0.1) is 0 Å². The van der Waals surface area contributed by atoms with Gasteiger partial charge in [-0.05, 0) is 55.7 Å². The van der Waals surface area contributed by atoms with Gasteiger partial charge >= 0.3 is 0 Å². The number of nitrogens with zero attached hydrogens (tertiary/aromatic N) is 1. The molecule has 0 aliphatic carbocycles. The van der Waals surface area contributed by atoms with E-state index < -0.39 is 15.8 Å². The Hall–Kier alpha value is -2.25. The van der Waals surface area contributed by atoms with Gasteiger partial charge in [-0.2, -0.15) is 0 Å². The van der Waals surface area contributed by atoms with Crippen molar-refractivity contribution in [3.63, 3.8) is 0 Å². The first-order valence-electron chi connectivity index (χ1n) is 8.78. The van der Waals surface area contributed by atoms with Gasteiger partial charge in [0.15, 0.2) is 0 Å². The van der Waals surface area contributed by atoms with Crippen LogP contribution in [0.4, 0.5) is 4.39 Å². The predicted octanol–water partition coefficient (Wildman–Crippen LogP) is 3.41. The number of halogens is 1. The fraction of sp³-hybridized carbons (Fsp3) is 0.350. The zero-order chi connectivity index (χ0) is 20.0. The molecular weight excluding hydrogens is 367 g/mol. The van der Waals surface area contributed by atoms with Gasteiger partial charge < -0.3 is 5.32 Å². The number of benzene rings is 2. The molecule has 2 rings (SSSR count). The van der Waals surface area contributed by atoms with Crippen LogP contribution in [0, 0.1) is 12.7 Å². The van der Waals surface area contributed by atoms with Gasteiger partial charge in [0.05, 0.1) is 10.9 Å². The minimum absolute atomic E-state index is 0.0315. The maximum Gasteiger partial charge on any atom is 0.242 e. The predicted molar refractivity (Wildman–Crippen MR) is 103 cm³/mol. The molecule has 0 aromatic heterocycles. The maximum atomic E-state index is 13.0. The molecule has 2 aromatic rings. The molecule has 0 heterocycles. The highest BCUT2D eigenvalue weighted by atomic mass is 32.2. The number of aryl methyl sites for hydroxylation is 1. The summed E-state index contributed by atoms with van der Waals surface area (Å²) in [6.07, 6.45) is 0.614. The second-order valence-electron chi connectivity index (χ2n) is 6.53. The largest absolute Gasteiger partial charge is 0.350 e. The summed E-state index contributed by atoms with van der Waals surface area (Å²) in [4.78, 5) is 12.2. The second-order valence-corrected chi connectivity index (χ2v) is 8.57. The number of nitrogens with one attached hydrogen (secondary N) is 1. The van der Waals surface area contributed by atoms with E-state index in [0.717, 1.165) is 23.3 Å². The average Bonchev–Trinajstić information content (AvgIpc) is 2.62. The normalized spacial score (nSPS) is 12.8. The molecular formula is C20H25FN2O3S. The van der Waals surface area contributed by atoms with Gasteiger partial charge in [0.2, 0.25) is 15.9 Å². The minimum Gasteiger partial charge on any atom is -0.350 e. The molecule has 1 unspecified atom stereocenters. The molecule has 27 heavy (non-hydrogen) atoms. The average molecular weight is 392 g/mol. The molecule has 0 bridgehead atoms. The lowest BCUT2D eigenvalue weighted by molar-refractivity contribution is -0.121. The van der Waals surface area contributed by atoms with Crippen LogP contribution in [-0.2, 0) is 14.8 Å². The van der Waals surface area contributed by atoms with Gasteiger partial charge in [-0.1, -0.05) is 24.3 Å². The van der Waals surface area contributed by atoms with Gasteiger partial charge in [-0.25, -0.2) is 17.1 Å². The molecule has 7 heteroatoms. The van der Waals surface area contributed by atoms with E-state index in [-0.39, 0.29) is 29.8 Å². The topological polar surface area (TPSA) is 66.5 Å². The van der Waals surface area contributed by atoms with Gasteiger partial charge in [0, 0.05) is 20.0 Å². The van der Waals surface area contributed by atoms with E-state index in [1.807, 2.05) is 38.1 Å². The van der Waals surface area contributed by atoms with Gasteiger partial charge in [0.25, 0.3) is 0 Å². The summed E-state index contributed by atoms with van der Waals surface area (Å²) in [6.45, 7) is 4.12. The Kier molecular flexibility index (Phi) is 7.10. The molecule has 1 N–H and O–H groups in total. The molecule has 0 saturated carbocycles. The molecule has 146 valence electrons. The number of hydrogen-bond acceptors (Lipinski definition) is 3. The Labute approximate surface area is 160 Å². The second kappa shape index (κ2) is 9.10. The lowest BCUT2D eigenvalue weighted by atomic mass is 10.0. The van der Waals surface area contributed by atoms with Gasteiger partial charge in [-0.3, -0.25) is 4.79 Å². The molecule has 0 spiro atoms. The molecule has 0 aliphatic rings. The molecule has 0 aliphatic heterocycles. The lowest BCUT2D eigenvalue weighted by Gasteiger charge is -2.18. The van der Waals surface area contributed by atoms with E-state index in [4.69, 9.17) is 0 Å². The van der Waals surface area contributed by atoms with Crippen molar-refractivity contribution in [2.45, 2.75) is 37.6 Å². The molecule has 1 amide bonds. The summed E-state index contributed by atoms with van der Waals surface area (Å²) in [5.41, 5.74) is 2.16. The number of rotatable bonds is 8. The highest BCUT2D eigenvalue weighted by Gasteiger charge is 2.20. The monoisotopic (exact) mass is 392 g/mol. The summed E-state index contributed by atoms with van der Waals surface area (Å²) >= 11 is 0. The fourth-order valence-corrected chi connectivity index (χ4v) is 4.04. The quantitative estimate of drug-likeness (QED) is 0.749. The zero-order valence-corrected chi connectivity index (χ0v) is 16.6. The first-order chi connectivity index (χ1) is 12.7. The molecule has 5 nitrogen and oxygen atoms in total. The number of hydrogen-bond donors (Lipinski definition) is 1. The van der Waals surface area contributed by atoms with Crippen molar-refractivity contribution >= 4 is 15.9 Å².